The van der Waals surface area contributed by atoms with Crippen LogP contribution in [0.3, 0.4) is 0 Å². The highest BCUT2D eigenvalue weighted by Gasteiger charge is 2.15. The summed E-state index contributed by atoms with van der Waals surface area (Å²) in [6, 6.07) is 9.07. The van der Waals surface area contributed by atoms with Gasteiger partial charge in [0.1, 0.15) is 10.8 Å². The van der Waals surface area contributed by atoms with Crippen LogP contribution in [0.2, 0.25) is 5.02 Å². The molecule has 2 aromatic rings. The van der Waals surface area contributed by atoms with Gasteiger partial charge in [0.25, 0.3) is 10.0 Å². The van der Waals surface area contributed by atoms with Crippen LogP contribution in [0.25, 0.3) is 0 Å². The highest BCUT2D eigenvalue weighted by molar-refractivity contribution is 7.92. The second kappa shape index (κ2) is 5.74. The molecule has 0 saturated heterocycles. The summed E-state index contributed by atoms with van der Waals surface area (Å²) >= 11 is 10.5. The SMILES string of the molecule is NC(=S)c1cccc(S(=O)(=O)Nc2ccc(Cl)cn2)c1. The van der Waals surface area contributed by atoms with Crippen LogP contribution in [0.15, 0.2) is 47.5 Å². The minimum absolute atomic E-state index is 0.0551. The first-order valence-corrected chi connectivity index (χ1v) is 7.70. The van der Waals surface area contributed by atoms with Crippen molar-refractivity contribution in [1.82, 2.24) is 4.98 Å². The van der Waals surface area contributed by atoms with Gasteiger partial charge < -0.3 is 5.73 Å². The summed E-state index contributed by atoms with van der Waals surface area (Å²) in [6.07, 6.45) is 1.35. The van der Waals surface area contributed by atoms with E-state index in [1.54, 1.807) is 12.1 Å². The first-order valence-electron chi connectivity index (χ1n) is 5.43. The Bertz CT molecular complexity index is 746. The van der Waals surface area contributed by atoms with Crippen molar-refractivity contribution in [2.24, 2.45) is 5.73 Å². The molecule has 0 bridgehead atoms. The van der Waals surface area contributed by atoms with Crippen molar-refractivity contribution >= 4 is 44.6 Å². The number of hydrogen-bond donors (Lipinski definition) is 2. The molecule has 0 spiro atoms. The Labute approximate surface area is 126 Å². The minimum atomic E-state index is -3.75. The van der Waals surface area contributed by atoms with E-state index in [0.717, 1.165) is 0 Å². The number of pyridine rings is 1. The molecule has 8 heteroatoms. The van der Waals surface area contributed by atoms with Crippen LogP contribution >= 0.6 is 23.8 Å². The molecule has 0 fully saturated rings. The van der Waals surface area contributed by atoms with Gasteiger partial charge in [0.2, 0.25) is 0 Å². The van der Waals surface area contributed by atoms with E-state index in [2.05, 4.69) is 9.71 Å². The van der Waals surface area contributed by atoms with Crippen molar-refractivity contribution in [3.8, 4) is 0 Å². The van der Waals surface area contributed by atoms with E-state index in [1.807, 2.05) is 0 Å². The summed E-state index contributed by atoms with van der Waals surface area (Å²) in [5, 5.41) is 0.420. The summed E-state index contributed by atoms with van der Waals surface area (Å²) in [5.74, 6) is 0.176. The second-order valence-electron chi connectivity index (χ2n) is 3.86. The second-order valence-corrected chi connectivity index (χ2v) is 6.42. The Balaban J connectivity index is 2.33. The Hall–Kier alpha value is -1.70. The summed E-state index contributed by atoms with van der Waals surface area (Å²) in [6.45, 7) is 0. The molecule has 5 nitrogen and oxygen atoms in total. The third-order valence-electron chi connectivity index (χ3n) is 2.40. The van der Waals surface area contributed by atoms with Crippen LogP contribution in [0, 0.1) is 0 Å². The van der Waals surface area contributed by atoms with E-state index < -0.39 is 10.0 Å². The van der Waals surface area contributed by atoms with Gasteiger partial charge in [0, 0.05) is 11.8 Å². The first-order chi connectivity index (χ1) is 9.38. The van der Waals surface area contributed by atoms with Gasteiger partial charge in [-0.2, -0.15) is 0 Å². The van der Waals surface area contributed by atoms with E-state index in [4.69, 9.17) is 29.6 Å². The summed E-state index contributed by atoms with van der Waals surface area (Å²) in [7, 11) is -3.75. The molecule has 1 heterocycles. The van der Waals surface area contributed by atoms with Gasteiger partial charge in [0.15, 0.2) is 0 Å². The van der Waals surface area contributed by atoms with Gasteiger partial charge in [-0.05, 0) is 24.3 Å². The lowest BCUT2D eigenvalue weighted by Gasteiger charge is -2.08. The maximum atomic E-state index is 12.2. The maximum Gasteiger partial charge on any atom is 0.263 e. The van der Waals surface area contributed by atoms with Gasteiger partial charge in [-0.3, -0.25) is 4.72 Å². The molecule has 0 radical (unpaired) electrons. The predicted molar refractivity (Wildman–Crippen MR) is 82.4 cm³/mol. The van der Waals surface area contributed by atoms with Crippen molar-refractivity contribution in [3.05, 3.63) is 53.2 Å². The van der Waals surface area contributed by atoms with E-state index in [0.29, 0.717) is 10.6 Å². The Morgan fingerprint density at radius 3 is 2.65 bits per heavy atom. The molecule has 0 saturated carbocycles. The van der Waals surface area contributed by atoms with Gasteiger partial charge in [0.05, 0.1) is 9.92 Å². The number of hydrogen-bond acceptors (Lipinski definition) is 4. The summed E-state index contributed by atoms with van der Waals surface area (Å²) in [5.41, 5.74) is 5.96. The van der Waals surface area contributed by atoms with Crippen LogP contribution in [0.5, 0.6) is 0 Å². The normalized spacial score (nSPS) is 11.1. The molecule has 0 unspecified atom stereocenters. The highest BCUT2D eigenvalue weighted by Crippen LogP contribution is 2.17. The number of anilines is 1. The van der Waals surface area contributed by atoms with Crippen molar-refractivity contribution < 1.29 is 8.42 Å². The van der Waals surface area contributed by atoms with E-state index in [-0.39, 0.29) is 15.7 Å². The molecule has 1 aromatic heterocycles. The van der Waals surface area contributed by atoms with Crippen molar-refractivity contribution in [2.75, 3.05) is 4.72 Å². The lowest BCUT2D eigenvalue weighted by atomic mass is 10.2. The zero-order chi connectivity index (χ0) is 14.8. The highest BCUT2D eigenvalue weighted by atomic mass is 35.5. The number of sulfonamides is 1. The fourth-order valence-electron chi connectivity index (χ4n) is 1.45. The van der Waals surface area contributed by atoms with Gasteiger partial charge in [-0.1, -0.05) is 36.0 Å². The van der Waals surface area contributed by atoms with Crippen molar-refractivity contribution in [3.63, 3.8) is 0 Å². The summed E-state index contributed by atoms with van der Waals surface area (Å²) < 4.78 is 26.7. The van der Waals surface area contributed by atoms with Gasteiger partial charge in [-0.15, -0.1) is 0 Å². The monoisotopic (exact) mass is 327 g/mol. The number of rotatable bonds is 4. The van der Waals surface area contributed by atoms with Crippen LogP contribution in [-0.2, 0) is 10.0 Å². The third-order valence-corrected chi connectivity index (χ3v) is 4.21. The standard InChI is InChI=1S/C12H10ClN3O2S2/c13-9-4-5-11(15-7-9)16-20(17,18)10-3-1-2-8(6-10)12(14)19/h1-7H,(H2,14,19)(H,15,16). The average Bonchev–Trinajstić information content (AvgIpc) is 2.41. The Kier molecular flexibility index (Phi) is 4.22. The van der Waals surface area contributed by atoms with E-state index in [1.165, 1.54) is 30.5 Å². The van der Waals surface area contributed by atoms with Crippen molar-refractivity contribution in [1.29, 1.82) is 0 Å². The average molecular weight is 328 g/mol. The maximum absolute atomic E-state index is 12.2. The molecule has 0 aliphatic rings. The zero-order valence-corrected chi connectivity index (χ0v) is 12.5. The number of aromatic nitrogens is 1. The van der Waals surface area contributed by atoms with Gasteiger partial charge >= 0.3 is 0 Å². The van der Waals surface area contributed by atoms with E-state index >= 15 is 0 Å². The first kappa shape index (κ1) is 14.7. The lowest BCUT2D eigenvalue weighted by Crippen LogP contribution is -2.15. The number of benzene rings is 1. The molecular weight excluding hydrogens is 318 g/mol. The molecule has 104 valence electrons. The molecule has 3 N–H and O–H groups in total. The van der Waals surface area contributed by atoms with Crippen LogP contribution < -0.4 is 10.5 Å². The fraction of sp³-hybridized carbons (Fsp3) is 0. The lowest BCUT2D eigenvalue weighted by molar-refractivity contribution is 0.601. The fourth-order valence-corrected chi connectivity index (χ4v) is 2.74. The number of nitrogens with one attached hydrogen (secondary N) is 1. The molecule has 20 heavy (non-hydrogen) atoms. The Morgan fingerprint density at radius 2 is 2.05 bits per heavy atom. The number of nitrogens with zero attached hydrogens (tertiary/aromatic N) is 1. The number of nitrogens with two attached hydrogens (primary N) is 1. The van der Waals surface area contributed by atoms with Crippen LogP contribution in [-0.4, -0.2) is 18.4 Å². The van der Waals surface area contributed by atoms with Crippen molar-refractivity contribution in [2.45, 2.75) is 4.90 Å². The molecule has 2 rings (SSSR count). The minimum Gasteiger partial charge on any atom is -0.389 e. The number of halogens is 1. The largest absolute Gasteiger partial charge is 0.389 e. The molecular formula is C12H10ClN3O2S2. The van der Waals surface area contributed by atoms with Crippen LogP contribution in [0.1, 0.15) is 5.56 Å². The molecule has 0 aliphatic heterocycles. The quantitative estimate of drug-likeness (QED) is 0.841. The topological polar surface area (TPSA) is 85.1 Å². The zero-order valence-electron chi connectivity index (χ0n) is 10.1. The number of thiocarbonyl (C=S) groups is 1. The molecule has 0 atom stereocenters. The predicted octanol–water partition coefficient (Wildman–Crippen LogP) is 2.17. The van der Waals surface area contributed by atoms with Crippen LogP contribution in [0.4, 0.5) is 5.82 Å². The molecule has 1 aromatic carbocycles. The smallest absolute Gasteiger partial charge is 0.263 e. The molecule has 0 aliphatic carbocycles. The van der Waals surface area contributed by atoms with Gasteiger partial charge in [-0.25, -0.2) is 13.4 Å². The molecule has 0 amide bonds. The third kappa shape index (κ3) is 3.44. The Morgan fingerprint density at radius 1 is 1.30 bits per heavy atom. The van der Waals surface area contributed by atoms with E-state index in [9.17, 15) is 8.42 Å². The summed E-state index contributed by atoms with van der Waals surface area (Å²) in [4.78, 5) is 4.06.